The molecule has 8 heteroatoms. The second kappa shape index (κ2) is 10.5. The number of hydrogen-bond acceptors (Lipinski definition) is 6. The smallest absolute Gasteiger partial charge is 0.191 e. The highest BCUT2D eigenvalue weighted by atomic mass is 16.5. The van der Waals surface area contributed by atoms with E-state index in [1.54, 1.807) is 19.3 Å². The van der Waals surface area contributed by atoms with Crippen LogP contribution in [0.2, 0.25) is 0 Å². The van der Waals surface area contributed by atoms with Crippen LogP contribution in [0.5, 0.6) is 0 Å². The van der Waals surface area contributed by atoms with Crippen LogP contribution in [0.1, 0.15) is 24.2 Å². The molecule has 0 spiro atoms. The van der Waals surface area contributed by atoms with Gasteiger partial charge in [0, 0.05) is 39.1 Å². The molecule has 0 bridgehead atoms. The average Bonchev–Trinajstić information content (AvgIpc) is 3.39. The summed E-state index contributed by atoms with van der Waals surface area (Å²) in [7, 11) is 0. The summed E-state index contributed by atoms with van der Waals surface area (Å²) in [6.45, 7) is 9.58. The second-order valence-electron chi connectivity index (χ2n) is 7.49. The molecule has 1 atom stereocenters. The van der Waals surface area contributed by atoms with E-state index in [1.807, 2.05) is 25.1 Å². The molecule has 1 aliphatic heterocycles. The molecule has 8 nitrogen and oxygen atoms in total. The van der Waals surface area contributed by atoms with E-state index in [9.17, 15) is 5.11 Å². The van der Waals surface area contributed by atoms with Gasteiger partial charge in [0.15, 0.2) is 5.96 Å². The number of ether oxygens (including phenoxy) is 1. The van der Waals surface area contributed by atoms with Crippen molar-refractivity contribution in [3.8, 4) is 0 Å². The molecule has 1 unspecified atom stereocenters. The summed E-state index contributed by atoms with van der Waals surface area (Å²) in [6.07, 6.45) is 2.43. The predicted octanol–water partition coefficient (Wildman–Crippen LogP) is 1.50. The van der Waals surface area contributed by atoms with E-state index < -0.39 is 5.60 Å². The normalized spacial score (nSPS) is 17.8. The average molecular weight is 405 g/mol. The Bertz CT molecular complexity index is 749. The van der Waals surface area contributed by atoms with Crippen LogP contribution >= 0.6 is 0 Å². The molecule has 1 saturated heterocycles. The van der Waals surface area contributed by atoms with E-state index in [4.69, 9.17) is 13.6 Å². The third-order valence-electron chi connectivity index (χ3n) is 4.88. The van der Waals surface area contributed by atoms with Crippen molar-refractivity contribution in [3.05, 3.63) is 47.8 Å². The fourth-order valence-electron chi connectivity index (χ4n) is 3.13. The number of aryl methyl sites for hydroxylation is 1. The quantitative estimate of drug-likeness (QED) is 0.431. The van der Waals surface area contributed by atoms with Crippen molar-refractivity contribution in [2.75, 3.05) is 52.5 Å². The van der Waals surface area contributed by atoms with E-state index in [0.29, 0.717) is 18.3 Å². The van der Waals surface area contributed by atoms with Gasteiger partial charge in [-0.25, -0.2) is 4.99 Å². The molecule has 2 aromatic heterocycles. The van der Waals surface area contributed by atoms with E-state index in [-0.39, 0.29) is 6.54 Å². The fraction of sp³-hybridized carbons (Fsp3) is 0.571. The first-order chi connectivity index (χ1) is 14.0. The lowest BCUT2D eigenvalue weighted by molar-refractivity contribution is 0.0387. The zero-order valence-corrected chi connectivity index (χ0v) is 17.3. The number of aliphatic hydroxyl groups is 1. The molecule has 3 heterocycles. The van der Waals surface area contributed by atoms with Crippen LogP contribution in [0, 0.1) is 6.92 Å². The molecular weight excluding hydrogens is 372 g/mol. The van der Waals surface area contributed by atoms with Crippen molar-refractivity contribution < 1.29 is 18.7 Å². The SMILES string of the molecule is Cc1ccc(C(C)(O)CN=C(NCCc2ccco2)NCCN2CCOCC2)o1. The highest BCUT2D eigenvalue weighted by Gasteiger charge is 2.26. The maximum atomic E-state index is 10.8. The third-order valence-corrected chi connectivity index (χ3v) is 4.88. The number of furan rings is 2. The van der Waals surface area contributed by atoms with Gasteiger partial charge in [0.05, 0.1) is 26.0 Å². The molecule has 160 valence electrons. The second-order valence-corrected chi connectivity index (χ2v) is 7.49. The minimum absolute atomic E-state index is 0.188. The van der Waals surface area contributed by atoms with Crippen LogP contribution in [0.4, 0.5) is 0 Å². The molecule has 1 aliphatic rings. The Morgan fingerprint density at radius 2 is 2.00 bits per heavy atom. The van der Waals surface area contributed by atoms with Crippen molar-refractivity contribution in [2.24, 2.45) is 4.99 Å². The Balaban J connectivity index is 1.54. The molecule has 3 N–H and O–H groups in total. The van der Waals surface area contributed by atoms with Gasteiger partial charge >= 0.3 is 0 Å². The molecule has 0 saturated carbocycles. The van der Waals surface area contributed by atoms with Gasteiger partial charge in [-0.3, -0.25) is 4.90 Å². The largest absolute Gasteiger partial charge is 0.469 e. The van der Waals surface area contributed by atoms with Gasteiger partial charge in [0.2, 0.25) is 0 Å². The van der Waals surface area contributed by atoms with E-state index in [1.165, 1.54) is 0 Å². The van der Waals surface area contributed by atoms with Crippen LogP contribution in [0.3, 0.4) is 0 Å². The lowest BCUT2D eigenvalue weighted by atomic mass is 10.0. The highest BCUT2D eigenvalue weighted by molar-refractivity contribution is 5.79. The van der Waals surface area contributed by atoms with Crippen LogP contribution < -0.4 is 10.6 Å². The first kappa shape index (κ1) is 21.4. The fourth-order valence-corrected chi connectivity index (χ4v) is 3.13. The first-order valence-electron chi connectivity index (χ1n) is 10.2. The zero-order chi connectivity index (χ0) is 20.5. The molecule has 0 radical (unpaired) electrons. The number of nitrogens with one attached hydrogen (secondary N) is 2. The highest BCUT2D eigenvalue weighted by Crippen LogP contribution is 2.23. The third kappa shape index (κ3) is 6.92. The maximum Gasteiger partial charge on any atom is 0.191 e. The summed E-state index contributed by atoms with van der Waals surface area (Å²) in [5.41, 5.74) is -1.17. The number of hydrogen-bond donors (Lipinski definition) is 3. The molecule has 2 aromatic rings. The summed E-state index contributed by atoms with van der Waals surface area (Å²) in [4.78, 5) is 6.95. The van der Waals surface area contributed by atoms with Gasteiger partial charge in [-0.1, -0.05) is 0 Å². The minimum atomic E-state index is -1.17. The number of nitrogens with zero attached hydrogens (tertiary/aromatic N) is 2. The topological polar surface area (TPSA) is 95.4 Å². The van der Waals surface area contributed by atoms with Crippen LogP contribution in [0.25, 0.3) is 0 Å². The first-order valence-corrected chi connectivity index (χ1v) is 10.2. The van der Waals surface area contributed by atoms with Crippen molar-refractivity contribution >= 4 is 5.96 Å². The van der Waals surface area contributed by atoms with Crippen LogP contribution in [0.15, 0.2) is 44.4 Å². The number of aliphatic imine (C=N–C) groups is 1. The summed E-state index contributed by atoms with van der Waals surface area (Å²) in [6, 6.07) is 7.47. The van der Waals surface area contributed by atoms with Gasteiger partial charge in [-0.2, -0.15) is 0 Å². The van der Waals surface area contributed by atoms with Gasteiger partial charge in [-0.15, -0.1) is 0 Å². The van der Waals surface area contributed by atoms with Crippen molar-refractivity contribution in [1.29, 1.82) is 0 Å². The predicted molar refractivity (Wildman–Crippen MR) is 111 cm³/mol. The van der Waals surface area contributed by atoms with Crippen molar-refractivity contribution in [1.82, 2.24) is 15.5 Å². The van der Waals surface area contributed by atoms with Gasteiger partial charge in [-0.05, 0) is 38.1 Å². The molecular formula is C21H32N4O4. The number of rotatable bonds is 9. The Hall–Kier alpha value is -2.29. The lowest BCUT2D eigenvalue weighted by Gasteiger charge is -2.27. The summed E-state index contributed by atoms with van der Waals surface area (Å²) < 4.78 is 16.4. The number of guanidine groups is 1. The maximum absolute atomic E-state index is 10.8. The summed E-state index contributed by atoms with van der Waals surface area (Å²) in [5.74, 6) is 2.86. The Morgan fingerprint density at radius 3 is 2.69 bits per heavy atom. The molecule has 0 amide bonds. The minimum Gasteiger partial charge on any atom is -0.469 e. The van der Waals surface area contributed by atoms with Crippen molar-refractivity contribution in [3.63, 3.8) is 0 Å². The summed E-state index contributed by atoms with van der Waals surface area (Å²) >= 11 is 0. The zero-order valence-electron chi connectivity index (χ0n) is 17.3. The van der Waals surface area contributed by atoms with Gasteiger partial charge < -0.3 is 29.3 Å². The van der Waals surface area contributed by atoms with Crippen LogP contribution in [-0.2, 0) is 16.8 Å². The van der Waals surface area contributed by atoms with E-state index in [2.05, 4.69) is 20.5 Å². The van der Waals surface area contributed by atoms with Gasteiger partial charge in [0.1, 0.15) is 22.9 Å². The van der Waals surface area contributed by atoms with Crippen molar-refractivity contribution in [2.45, 2.75) is 25.9 Å². The molecule has 3 rings (SSSR count). The Kier molecular flexibility index (Phi) is 7.74. The summed E-state index contributed by atoms with van der Waals surface area (Å²) in [5, 5.41) is 17.4. The van der Waals surface area contributed by atoms with E-state index in [0.717, 1.165) is 57.3 Å². The molecule has 0 aromatic carbocycles. The van der Waals surface area contributed by atoms with Gasteiger partial charge in [0.25, 0.3) is 0 Å². The van der Waals surface area contributed by atoms with E-state index >= 15 is 0 Å². The van der Waals surface area contributed by atoms with Crippen LogP contribution in [-0.4, -0.2) is 68.4 Å². The standard InChI is InChI=1S/C21H32N4O4/c1-17-5-6-19(29-17)21(2,26)16-24-20(22-8-7-18-4-3-13-28-18)23-9-10-25-11-14-27-15-12-25/h3-6,13,26H,7-12,14-16H2,1-2H3,(H2,22,23,24). The lowest BCUT2D eigenvalue weighted by Crippen LogP contribution is -2.45. The molecule has 29 heavy (non-hydrogen) atoms. The number of morpholine rings is 1. The molecule has 1 fully saturated rings. The Morgan fingerprint density at radius 1 is 1.21 bits per heavy atom. The monoisotopic (exact) mass is 404 g/mol. The Labute approximate surface area is 171 Å². The molecule has 0 aliphatic carbocycles.